The first-order valence-electron chi connectivity index (χ1n) is 3.91. The van der Waals surface area contributed by atoms with Gasteiger partial charge in [-0.05, 0) is 16.7 Å². The molecule has 14 heavy (non-hydrogen) atoms. The van der Waals surface area contributed by atoms with E-state index in [9.17, 15) is 14.7 Å². The summed E-state index contributed by atoms with van der Waals surface area (Å²) in [5.41, 5.74) is 0.743. The van der Waals surface area contributed by atoms with Crippen molar-refractivity contribution in [2.45, 2.75) is 0 Å². The van der Waals surface area contributed by atoms with Crippen LogP contribution in [0.3, 0.4) is 0 Å². The second-order valence-corrected chi connectivity index (χ2v) is 4.29. The number of benzene rings is 1. The maximum Gasteiger partial charge on any atom is 0.458 e. The van der Waals surface area contributed by atoms with Crippen molar-refractivity contribution in [3.63, 3.8) is 0 Å². The van der Waals surface area contributed by atoms with E-state index in [0.717, 1.165) is 0 Å². The molecule has 0 aliphatic carbocycles. The monoisotopic (exact) mass is 213 g/mol. The van der Waals surface area contributed by atoms with Crippen molar-refractivity contribution in [3.8, 4) is 0 Å². The van der Waals surface area contributed by atoms with Crippen molar-refractivity contribution >= 4 is 19.3 Å². The van der Waals surface area contributed by atoms with Crippen LogP contribution < -0.4 is 4.67 Å². The zero-order valence-electron chi connectivity index (χ0n) is 7.88. The van der Waals surface area contributed by atoms with E-state index in [1.165, 1.54) is 12.1 Å². The van der Waals surface area contributed by atoms with Gasteiger partial charge in [0.1, 0.15) is 0 Å². The lowest BCUT2D eigenvalue weighted by atomic mass is 10.3. The third-order valence-electron chi connectivity index (χ3n) is 1.86. The van der Waals surface area contributed by atoms with Gasteiger partial charge in [-0.3, -0.25) is 10.1 Å². The summed E-state index contributed by atoms with van der Waals surface area (Å²) in [7, 11) is 0.231. The average molecular weight is 213 g/mol. The first-order chi connectivity index (χ1) is 6.52. The van der Waals surface area contributed by atoms with Gasteiger partial charge in [0, 0.05) is 12.1 Å². The van der Waals surface area contributed by atoms with Crippen molar-refractivity contribution in [1.29, 1.82) is 0 Å². The number of rotatable bonds is 3. The molecular formula is C8H10N2O3P+. The van der Waals surface area contributed by atoms with Gasteiger partial charge in [0.15, 0.2) is 6.66 Å². The van der Waals surface area contributed by atoms with Gasteiger partial charge in [-0.1, -0.05) is 0 Å². The summed E-state index contributed by atoms with van der Waals surface area (Å²) in [6.07, 6.45) is 0. The molecule has 0 aliphatic heterocycles. The summed E-state index contributed by atoms with van der Waals surface area (Å²) in [5.74, 6) is 0. The largest absolute Gasteiger partial charge is 0.458 e. The SMILES string of the molecule is CN(c1ccc([N+](=O)[O-])cc1)[P+](C)=O. The second kappa shape index (κ2) is 4.15. The number of hydrogen-bond acceptors (Lipinski definition) is 3. The number of hydrogen-bond donors (Lipinski definition) is 0. The Morgan fingerprint density at radius 2 is 1.86 bits per heavy atom. The highest BCUT2D eigenvalue weighted by Crippen LogP contribution is 2.28. The summed E-state index contributed by atoms with van der Waals surface area (Å²) in [5, 5.41) is 10.4. The van der Waals surface area contributed by atoms with Crippen LogP contribution in [-0.2, 0) is 4.57 Å². The molecule has 74 valence electrons. The van der Waals surface area contributed by atoms with E-state index >= 15 is 0 Å². The first-order valence-corrected chi connectivity index (χ1v) is 5.57. The molecule has 1 atom stereocenters. The van der Waals surface area contributed by atoms with E-state index in [0.29, 0.717) is 5.69 Å². The van der Waals surface area contributed by atoms with Crippen LogP contribution in [-0.4, -0.2) is 18.6 Å². The van der Waals surface area contributed by atoms with Gasteiger partial charge >= 0.3 is 7.95 Å². The molecule has 0 bridgehead atoms. The van der Waals surface area contributed by atoms with Gasteiger partial charge in [0.05, 0.1) is 17.7 Å². The Hall–Kier alpha value is -1.48. The molecule has 0 saturated carbocycles. The predicted molar refractivity (Wildman–Crippen MR) is 55.0 cm³/mol. The van der Waals surface area contributed by atoms with Crippen LogP contribution in [0.2, 0.25) is 0 Å². The third kappa shape index (κ3) is 2.26. The number of anilines is 1. The molecule has 0 N–H and O–H groups in total. The first kappa shape index (κ1) is 10.6. The highest BCUT2D eigenvalue weighted by Gasteiger charge is 2.17. The van der Waals surface area contributed by atoms with Gasteiger partial charge in [-0.2, -0.15) is 4.67 Å². The summed E-state index contributed by atoms with van der Waals surface area (Å²) < 4.78 is 12.7. The van der Waals surface area contributed by atoms with Gasteiger partial charge in [-0.25, -0.2) is 0 Å². The third-order valence-corrected chi connectivity index (χ3v) is 2.93. The summed E-state index contributed by atoms with van der Waals surface area (Å²) in [6, 6.07) is 5.94. The zero-order chi connectivity index (χ0) is 10.7. The van der Waals surface area contributed by atoms with Gasteiger partial charge in [0.2, 0.25) is 0 Å². The molecule has 5 nitrogen and oxygen atoms in total. The molecular weight excluding hydrogens is 203 g/mol. The molecule has 0 radical (unpaired) electrons. The van der Waals surface area contributed by atoms with Gasteiger partial charge < -0.3 is 0 Å². The van der Waals surface area contributed by atoms with E-state index in [1.807, 2.05) is 0 Å². The summed E-state index contributed by atoms with van der Waals surface area (Å²) in [6.45, 7) is 1.58. The lowest BCUT2D eigenvalue weighted by Gasteiger charge is -2.04. The predicted octanol–water partition coefficient (Wildman–Crippen LogP) is 2.40. The fourth-order valence-electron chi connectivity index (χ4n) is 0.953. The maximum absolute atomic E-state index is 11.1. The van der Waals surface area contributed by atoms with Gasteiger partial charge in [0.25, 0.3) is 5.69 Å². The van der Waals surface area contributed by atoms with Crippen LogP contribution >= 0.6 is 7.95 Å². The van der Waals surface area contributed by atoms with Crippen LogP contribution in [0.5, 0.6) is 0 Å². The highest BCUT2D eigenvalue weighted by atomic mass is 31.1. The van der Waals surface area contributed by atoms with E-state index in [4.69, 9.17) is 0 Å². The number of nitro groups is 1. The Balaban J connectivity index is 2.94. The quantitative estimate of drug-likeness (QED) is 0.439. The number of non-ortho nitro benzene ring substituents is 1. The van der Waals surface area contributed by atoms with Crippen molar-refractivity contribution < 1.29 is 9.49 Å². The molecule has 0 fully saturated rings. The molecule has 1 rings (SSSR count). The number of nitro benzene ring substituents is 1. The van der Waals surface area contributed by atoms with Crippen molar-refractivity contribution in [2.24, 2.45) is 0 Å². The van der Waals surface area contributed by atoms with Crippen LogP contribution in [0.1, 0.15) is 0 Å². The number of nitrogens with zero attached hydrogens (tertiary/aromatic N) is 2. The summed E-state index contributed by atoms with van der Waals surface area (Å²) in [4.78, 5) is 9.89. The molecule has 0 heterocycles. The van der Waals surface area contributed by atoms with Crippen LogP contribution in [0, 0.1) is 10.1 Å². The average Bonchev–Trinajstić information content (AvgIpc) is 2.16. The molecule has 0 aliphatic rings. The molecule has 6 heteroatoms. The van der Waals surface area contributed by atoms with Crippen molar-refractivity contribution in [3.05, 3.63) is 34.4 Å². The maximum atomic E-state index is 11.1. The fourth-order valence-corrected chi connectivity index (χ4v) is 1.41. The second-order valence-electron chi connectivity index (χ2n) is 2.76. The molecule has 1 aromatic carbocycles. The van der Waals surface area contributed by atoms with Gasteiger partial charge in [-0.15, -0.1) is 0 Å². The van der Waals surface area contributed by atoms with E-state index in [1.54, 1.807) is 30.5 Å². The Kier molecular flexibility index (Phi) is 3.14. The minimum absolute atomic E-state index is 0.0356. The minimum Gasteiger partial charge on any atom is -0.258 e. The van der Waals surface area contributed by atoms with E-state index in [2.05, 4.69) is 0 Å². The Morgan fingerprint density at radius 1 is 1.36 bits per heavy atom. The molecule has 0 amide bonds. The van der Waals surface area contributed by atoms with Crippen LogP contribution in [0.25, 0.3) is 0 Å². The molecule has 0 aromatic heterocycles. The Bertz CT molecular complexity index is 363. The lowest BCUT2D eigenvalue weighted by molar-refractivity contribution is -0.384. The van der Waals surface area contributed by atoms with Crippen molar-refractivity contribution in [1.82, 2.24) is 0 Å². The smallest absolute Gasteiger partial charge is 0.258 e. The Morgan fingerprint density at radius 3 is 2.21 bits per heavy atom. The minimum atomic E-state index is -1.45. The molecule has 0 saturated heterocycles. The van der Waals surface area contributed by atoms with Crippen LogP contribution in [0.15, 0.2) is 24.3 Å². The lowest BCUT2D eigenvalue weighted by Crippen LogP contribution is -2.04. The van der Waals surface area contributed by atoms with Crippen molar-refractivity contribution in [2.75, 3.05) is 18.4 Å². The highest BCUT2D eigenvalue weighted by molar-refractivity contribution is 7.45. The van der Waals surface area contributed by atoms with E-state index in [-0.39, 0.29) is 5.69 Å². The normalized spacial score (nSPS) is 10.9. The topological polar surface area (TPSA) is 63.4 Å². The fraction of sp³-hybridized carbons (Fsp3) is 0.250. The molecule has 0 spiro atoms. The zero-order valence-corrected chi connectivity index (χ0v) is 8.77. The van der Waals surface area contributed by atoms with Crippen LogP contribution in [0.4, 0.5) is 11.4 Å². The Labute approximate surface area is 82.3 Å². The molecule has 1 unspecified atom stereocenters. The summed E-state index contributed by atoms with van der Waals surface area (Å²) >= 11 is 0. The molecule has 1 aromatic rings. The standard InChI is InChI=1S/C8H10N2O3P/c1-9(14(2)13)7-3-5-8(6-4-7)10(11)12/h3-6H,1-2H3/q+1. The van der Waals surface area contributed by atoms with E-state index < -0.39 is 12.9 Å².